The molecule has 1 aromatic rings. The summed E-state index contributed by atoms with van der Waals surface area (Å²) in [6.07, 6.45) is 1.86. The van der Waals surface area contributed by atoms with Gasteiger partial charge in [0.25, 0.3) is 0 Å². The minimum atomic E-state index is -3.54. The molecular formula is C11H14ClNO3S. The van der Waals surface area contributed by atoms with Crippen molar-refractivity contribution < 1.29 is 13.2 Å². The number of hydrogen-bond acceptors (Lipinski definition) is 3. The highest BCUT2D eigenvalue weighted by atomic mass is 35.5. The molecule has 4 nitrogen and oxygen atoms in total. The maximum absolute atomic E-state index is 12.0. The van der Waals surface area contributed by atoms with E-state index in [9.17, 15) is 8.42 Å². The van der Waals surface area contributed by atoms with Crippen LogP contribution in [0.25, 0.3) is 0 Å². The van der Waals surface area contributed by atoms with Gasteiger partial charge in [0.05, 0.1) is 11.1 Å². The van der Waals surface area contributed by atoms with Crippen LogP contribution in [0, 0.1) is 0 Å². The van der Waals surface area contributed by atoms with Crippen LogP contribution in [0.3, 0.4) is 0 Å². The molecule has 1 aromatic carbocycles. The lowest BCUT2D eigenvalue weighted by Crippen LogP contribution is -2.31. The molecule has 1 aliphatic heterocycles. The maximum atomic E-state index is 12.0. The van der Waals surface area contributed by atoms with Crippen molar-refractivity contribution in [2.45, 2.75) is 23.8 Å². The van der Waals surface area contributed by atoms with Crippen molar-refractivity contribution in [1.29, 1.82) is 0 Å². The summed E-state index contributed by atoms with van der Waals surface area (Å²) in [5.74, 6) is 0. The first kappa shape index (κ1) is 12.8. The van der Waals surface area contributed by atoms with Gasteiger partial charge in [-0.15, -0.1) is 0 Å². The summed E-state index contributed by atoms with van der Waals surface area (Å²) < 4.78 is 31.8. The van der Waals surface area contributed by atoms with E-state index in [1.807, 2.05) is 0 Å². The Balaban J connectivity index is 2.06. The van der Waals surface area contributed by atoms with Crippen molar-refractivity contribution in [3.05, 3.63) is 29.3 Å². The van der Waals surface area contributed by atoms with Gasteiger partial charge in [-0.05, 0) is 25.0 Å². The topological polar surface area (TPSA) is 55.4 Å². The summed E-state index contributed by atoms with van der Waals surface area (Å²) >= 11 is 5.85. The van der Waals surface area contributed by atoms with Gasteiger partial charge in [-0.2, -0.15) is 0 Å². The highest BCUT2D eigenvalue weighted by molar-refractivity contribution is 7.89. The number of benzene rings is 1. The third-order valence-corrected chi connectivity index (χ3v) is 4.57. The molecule has 1 fully saturated rings. The van der Waals surface area contributed by atoms with Gasteiger partial charge in [-0.25, -0.2) is 13.1 Å². The summed E-state index contributed by atoms with van der Waals surface area (Å²) in [6.45, 7) is 1.01. The van der Waals surface area contributed by atoms with Gasteiger partial charge in [0.15, 0.2) is 0 Å². The van der Waals surface area contributed by atoms with Gasteiger partial charge in [-0.1, -0.05) is 23.7 Å². The lowest BCUT2D eigenvalue weighted by Gasteiger charge is -2.12. The average Bonchev–Trinajstić information content (AvgIpc) is 2.80. The summed E-state index contributed by atoms with van der Waals surface area (Å²) in [6, 6.07) is 6.39. The van der Waals surface area contributed by atoms with Crippen LogP contribution in [0.5, 0.6) is 0 Å². The number of hydrogen-bond donors (Lipinski definition) is 1. The smallest absolute Gasteiger partial charge is 0.242 e. The Morgan fingerprint density at radius 1 is 1.41 bits per heavy atom. The van der Waals surface area contributed by atoms with Crippen molar-refractivity contribution in [2.24, 2.45) is 0 Å². The second-order valence-corrected chi connectivity index (χ2v) is 6.06. The second-order valence-electron chi connectivity index (χ2n) is 3.92. The van der Waals surface area contributed by atoms with Gasteiger partial charge in [0, 0.05) is 13.2 Å². The number of halogens is 1. The van der Waals surface area contributed by atoms with E-state index in [1.165, 1.54) is 6.07 Å². The standard InChI is InChI=1S/C11H14ClNO3S/c12-10-5-1-2-6-11(10)17(14,15)13-8-9-4-3-7-16-9/h1-2,5-6,9,13H,3-4,7-8H2/t9-/m0/s1. The zero-order valence-corrected chi connectivity index (χ0v) is 10.8. The van der Waals surface area contributed by atoms with E-state index in [4.69, 9.17) is 16.3 Å². The van der Waals surface area contributed by atoms with Crippen molar-refractivity contribution in [3.63, 3.8) is 0 Å². The minimum Gasteiger partial charge on any atom is -0.377 e. The zero-order valence-electron chi connectivity index (χ0n) is 9.23. The average molecular weight is 276 g/mol. The highest BCUT2D eigenvalue weighted by Gasteiger charge is 2.21. The Labute approximate surface area is 106 Å². The van der Waals surface area contributed by atoms with E-state index in [0.29, 0.717) is 13.2 Å². The predicted octanol–water partition coefficient (Wildman–Crippen LogP) is 1.80. The summed E-state index contributed by atoms with van der Waals surface area (Å²) in [5, 5.41) is 0.229. The lowest BCUT2D eigenvalue weighted by atomic mass is 10.2. The van der Waals surface area contributed by atoms with E-state index < -0.39 is 10.0 Å². The van der Waals surface area contributed by atoms with Gasteiger partial charge < -0.3 is 4.74 Å². The van der Waals surface area contributed by atoms with E-state index >= 15 is 0 Å². The van der Waals surface area contributed by atoms with Crippen LogP contribution >= 0.6 is 11.6 Å². The molecule has 1 atom stereocenters. The second kappa shape index (κ2) is 5.35. The number of nitrogens with one attached hydrogen (secondary N) is 1. The van der Waals surface area contributed by atoms with Crippen LogP contribution in [0.4, 0.5) is 0 Å². The normalized spacial score (nSPS) is 20.6. The Bertz CT molecular complexity index is 483. The minimum absolute atomic E-state index is 0.0211. The monoisotopic (exact) mass is 275 g/mol. The quantitative estimate of drug-likeness (QED) is 0.912. The molecule has 17 heavy (non-hydrogen) atoms. The van der Waals surface area contributed by atoms with Crippen LogP contribution in [0.15, 0.2) is 29.2 Å². The molecule has 0 aliphatic carbocycles. The summed E-state index contributed by atoms with van der Waals surface area (Å²) in [4.78, 5) is 0.111. The number of rotatable bonds is 4. The van der Waals surface area contributed by atoms with Crippen molar-refractivity contribution >= 4 is 21.6 Å². The van der Waals surface area contributed by atoms with Crippen LogP contribution in [-0.2, 0) is 14.8 Å². The van der Waals surface area contributed by atoms with Crippen molar-refractivity contribution in [3.8, 4) is 0 Å². The van der Waals surface area contributed by atoms with E-state index in [2.05, 4.69) is 4.72 Å². The van der Waals surface area contributed by atoms with Crippen molar-refractivity contribution in [2.75, 3.05) is 13.2 Å². The highest BCUT2D eigenvalue weighted by Crippen LogP contribution is 2.20. The SMILES string of the molecule is O=S(=O)(NC[C@@H]1CCCO1)c1ccccc1Cl. The van der Waals surface area contributed by atoms with Gasteiger partial charge >= 0.3 is 0 Å². The first-order chi connectivity index (χ1) is 8.09. The van der Waals surface area contributed by atoms with Crippen molar-refractivity contribution in [1.82, 2.24) is 4.72 Å². The maximum Gasteiger partial charge on any atom is 0.242 e. The predicted molar refractivity (Wildman–Crippen MR) is 65.6 cm³/mol. The lowest BCUT2D eigenvalue weighted by molar-refractivity contribution is 0.114. The summed E-state index contributed by atoms with van der Waals surface area (Å²) in [5.41, 5.74) is 0. The van der Waals surface area contributed by atoms with E-state index in [-0.39, 0.29) is 16.0 Å². The molecule has 0 aromatic heterocycles. The van der Waals surface area contributed by atoms with Crippen LogP contribution in [-0.4, -0.2) is 27.7 Å². The largest absolute Gasteiger partial charge is 0.377 e. The molecule has 1 saturated heterocycles. The van der Waals surface area contributed by atoms with Crippen LogP contribution in [0.1, 0.15) is 12.8 Å². The first-order valence-electron chi connectivity index (χ1n) is 5.45. The fourth-order valence-electron chi connectivity index (χ4n) is 1.75. The molecule has 0 bridgehead atoms. The Kier molecular flexibility index (Phi) is 4.04. The van der Waals surface area contributed by atoms with Gasteiger partial charge in [-0.3, -0.25) is 0 Å². The molecule has 0 amide bonds. The summed E-state index contributed by atoms with van der Waals surface area (Å²) in [7, 11) is -3.54. The fraction of sp³-hybridized carbons (Fsp3) is 0.455. The number of sulfonamides is 1. The molecule has 1 aliphatic rings. The molecule has 2 rings (SSSR count). The first-order valence-corrected chi connectivity index (χ1v) is 7.31. The van der Waals surface area contributed by atoms with E-state index in [1.54, 1.807) is 18.2 Å². The molecule has 1 heterocycles. The molecular weight excluding hydrogens is 262 g/mol. The third kappa shape index (κ3) is 3.19. The molecule has 0 spiro atoms. The van der Waals surface area contributed by atoms with Gasteiger partial charge in [0.1, 0.15) is 4.90 Å². The van der Waals surface area contributed by atoms with Crippen LogP contribution in [0.2, 0.25) is 5.02 Å². The van der Waals surface area contributed by atoms with Crippen LogP contribution < -0.4 is 4.72 Å². The van der Waals surface area contributed by atoms with E-state index in [0.717, 1.165) is 12.8 Å². The zero-order chi connectivity index (χ0) is 12.3. The molecule has 1 N–H and O–H groups in total. The molecule has 0 saturated carbocycles. The fourth-order valence-corrected chi connectivity index (χ4v) is 3.33. The molecule has 0 radical (unpaired) electrons. The molecule has 6 heteroatoms. The Morgan fingerprint density at radius 2 is 2.18 bits per heavy atom. The number of ether oxygens (including phenoxy) is 1. The molecule has 94 valence electrons. The Hall–Kier alpha value is -0.620. The Morgan fingerprint density at radius 3 is 2.82 bits per heavy atom. The van der Waals surface area contributed by atoms with Gasteiger partial charge in [0.2, 0.25) is 10.0 Å². The third-order valence-electron chi connectivity index (χ3n) is 2.65. The molecule has 0 unspecified atom stereocenters.